The maximum atomic E-state index is 14.0. The smallest absolute Gasteiger partial charge is 0.342 e. The van der Waals surface area contributed by atoms with Crippen molar-refractivity contribution in [2.45, 2.75) is 12.8 Å². The number of Topliss-reactive ketones (excluding diaryl/α,β-unsaturated/α-hetero) is 2. The van der Waals surface area contributed by atoms with Gasteiger partial charge >= 0.3 is 35.8 Å². The molecule has 3 aliphatic rings. The summed E-state index contributed by atoms with van der Waals surface area (Å²) in [4.78, 5) is 108. The van der Waals surface area contributed by atoms with Gasteiger partial charge in [-0.2, -0.15) is 0 Å². The summed E-state index contributed by atoms with van der Waals surface area (Å²) in [6, 6.07) is 0. The van der Waals surface area contributed by atoms with E-state index in [2.05, 4.69) is 0 Å². The first kappa shape index (κ1) is 28.2. The Hall–Kier alpha value is -4.36. The zero-order valence-electron chi connectivity index (χ0n) is 21.3. The minimum Gasteiger partial charge on any atom is -0.468 e. The first-order valence-corrected chi connectivity index (χ1v) is 11.0. The molecule has 0 amide bonds. The highest BCUT2D eigenvalue weighted by Gasteiger charge is 2.84. The van der Waals surface area contributed by atoms with Crippen LogP contribution in [-0.4, -0.2) is 90.0 Å². The molecule has 14 heteroatoms. The number of ether oxygens (including phenoxy) is 6. The number of methoxy groups -OCH3 is 6. The third-order valence-corrected chi connectivity index (χ3v) is 7.37. The van der Waals surface area contributed by atoms with Gasteiger partial charge in [0.25, 0.3) is 0 Å². The zero-order chi connectivity index (χ0) is 28.7. The predicted octanol–water partition coefficient (Wildman–Crippen LogP) is -1.22. The van der Waals surface area contributed by atoms with E-state index in [9.17, 15) is 38.4 Å². The van der Waals surface area contributed by atoms with Crippen molar-refractivity contribution in [1.82, 2.24) is 0 Å². The molecule has 3 rings (SSSR count). The van der Waals surface area contributed by atoms with Crippen molar-refractivity contribution in [3.63, 3.8) is 0 Å². The first-order valence-electron chi connectivity index (χ1n) is 11.0. The number of carbonyl (C=O) groups is 8. The van der Waals surface area contributed by atoms with Crippen molar-refractivity contribution in [1.29, 1.82) is 0 Å². The van der Waals surface area contributed by atoms with Crippen LogP contribution in [-0.2, 0) is 66.8 Å². The number of esters is 6. The molecule has 0 N–H and O–H groups in total. The molecular formula is C24H24O14. The lowest BCUT2D eigenvalue weighted by Gasteiger charge is -2.49. The SMILES string of the molecule is COC(=O)C1=C(C(=O)OC)[C@@]2(C(=O)OC)C3CC(=O)[C@@]2(C(=O)OC)C(C(=O)OC)=C(C(=O)OC)C3CC1=O. The van der Waals surface area contributed by atoms with Crippen molar-refractivity contribution in [3.8, 4) is 0 Å². The first-order chi connectivity index (χ1) is 17.9. The third kappa shape index (κ3) is 3.18. The lowest BCUT2D eigenvalue weighted by atomic mass is 9.48. The number of hydrogen-bond acceptors (Lipinski definition) is 14. The Balaban J connectivity index is 2.82. The van der Waals surface area contributed by atoms with Gasteiger partial charge in [-0.05, 0) is 5.92 Å². The van der Waals surface area contributed by atoms with Gasteiger partial charge in [-0.25, -0.2) is 19.2 Å². The van der Waals surface area contributed by atoms with Gasteiger partial charge < -0.3 is 28.4 Å². The predicted molar refractivity (Wildman–Crippen MR) is 117 cm³/mol. The fourth-order valence-electron chi connectivity index (χ4n) is 6.14. The summed E-state index contributed by atoms with van der Waals surface area (Å²) in [5.41, 5.74) is -9.68. The summed E-state index contributed by atoms with van der Waals surface area (Å²) in [7, 11) is 5.24. The molecule has 0 aromatic heterocycles. The summed E-state index contributed by atoms with van der Waals surface area (Å²) >= 11 is 0. The monoisotopic (exact) mass is 536 g/mol. The molecule has 0 aromatic rings. The van der Waals surface area contributed by atoms with Gasteiger partial charge in [0.2, 0.25) is 0 Å². The Morgan fingerprint density at radius 1 is 0.632 bits per heavy atom. The van der Waals surface area contributed by atoms with Crippen LogP contribution in [0.4, 0.5) is 0 Å². The molecule has 0 aliphatic heterocycles. The maximum absolute atomic E-state index is 14.0. The molecule has 0 heterocycles. The Labute approximate surface area is 215 Å². The van der Waals surface area contributed by atoms with Gasteiger partial charge in [-0.1, -0.05) is 0 Å². The lowest BCUT2D eigenvalue weighted by Crippen LogP contribution is -2.63. The largest absolute Gasteiger partial charge is 0.468 e. The number of hydrogen-bond donors (Lipinski definition) is 0. The highest BCUT2D eigenvalue weighted by atomic mass is 16.5. The number of carbonyl (C=O) groups excluding carboxylic acids is 8. The molecule has 204 valence electrons. The van der Waals surface area contributed by atoms with E-state index in [1.807, 2.05) is 0 Å². The van der Waals surface area contributed by atoms with E-state index >= 15 is 0 Å². The lowest BCUT2D eigenvalue weighted by molar-refractivity contribution is -0.179. The molecule has 0 aromatic carbocycles. The molecule has 2 unspecified atom stereocenters. The highest BCUT2D eigenvalue weighted by molar-refractivity contribution is 6.29. The Bertz CT molecular complexity index is 1250. The van der Waals surface area contributed by atoms with Gasteiger partial charge in [-0.3, -0.25) is 19.2 Å². The second-order valence-electron chi connectivity index (χ2n) is 8.51. The van der Waals surface area contributed by atoms with Crippen molar-refractivity contribution < 1.29 is 66.8 Å². The molecule has 1 fully saturated rings. The van der Waals surface area contributed by atoms with Crippen molar-refractivity contribution in [2.75, 3.05) is 42.7 Å². The quantitative estimate of drug-likeness (QED) is 0.170. The van der Waals surface area contributed by atoms with Crippen molar-refractivity contribution in [3.05, 3.63) is 22.3 Å². The van der Waals surface area contributed by atoms with Crippen molar-refractivity contribution >= 4 is 47.4 Å². The molecule has 4 bridgehead atoms. The Kier molecular flexibility index (Phi) is 7.30. The summed E-state index contributed by atoms with van der Waals surface area (Å²) in [6.45, 7) is 0. The van der Waals surface area contributed by atoms with Crippen LogP contribution in [0.5, 0.6) is 0 Å². The van der Waals surface area contributed by atoms with Gasteiger partial charge in [-0.15, -0.1) is 0 Å². The standard InChI is InChI=1S/C24H24O14/c1-33-17(27)13-9-7-11(25)14(18(28)34-2)16(20(30)36-4)23(21(31)37-5)10(9)8-12(26)24(23,22(32)38-6)15(13)19(29)35-3/h9-10H,7-8H2,1-6H3/t9?,10?,23-,24+/m1/s1. The zero-order valence-corrected chi connectivity index (χ0v) is 21.3. The molecule has 4 atom stereocenters. The second-order valence-corrected chi connectivity index (χ2v) is 8.51. The van der Waals surface area contributed by atoms with E-state index in [0.717, 1.165) is 42.7 Å². The van der Waals surface area contributed by atoms with Crippen LogP contribution >= 0.6 is 0 Å². The van der Waals surface area contributed by atoms with E-state index in [1.54, 1.807) is 0 Å². The fraction of sp³-hybridized carbons (Fsp3) is 0.500. The van der Waals surface area contributed by atoms with Crippen LogP contribution in [0.2, 0.25) is 0 Å². The third-order valence-electron chi connectivity index (χ3n) is 7.37. The van der Waals surface area contributed by atoms with E-state index in [-0.39, 0.29) is 0 Å². The maximum Gasteiger partial charge on any atom is 0.342 e. The number of rotatable bonds is 6. The topological polar surface area (TPSA) is 192 Å². The van der Waals surface area contributed by atoms with E-state index in [1.165, 1.54) is 0 Å². The minimum absolute atomic E-state index is 0.621. The highest BCUT2D eigenvalue weighted by Crippen LogP contribution is 2.71. The molecule has 0 radical (unpaired) electrons. The van der Waals surface area contributed by atoms with Crippen LogP contribution in [0, 0.1) is 22.7 Å². The van der Waals surface area contributed by atoms with Crippen molar-refractivity contribution in [2.24, 2.45) is 22.7 Å². The number of ketones is 2. The van der Waals surface area contributed by atoms with E-state index in [4.69, 9.17) is 28.4 Å². The molecule has 0 spiro atoms. The second kappa shape index (κ2) is 9.84. The van der Waals surface area contributed by atoms with Gasteiger partial charge in [0, 0.05) is 18.8 Å². The summed E-state index contributed by atoms with van der Waals surface area (Å²) in [5, 5.41) is 0. The average molecular weight is 536 g/mol. The Morgan fingerprint density at radius 2 is 1.13 bits per heavy atom. The minimum atomic E-state index is -3.12. The van der Waals surface area contributed by atoms with E-state index in [0.29, 0.717) is 0 Å². The van der Waals surface area contributed by atoms with Crippen LogP contribution < -0.4 is 0 Å². The molecule has 14 nitrogen and oxygen atoms in total. The summed E-state index contributed by atoms with van der Waals surface area (Å²) in [5.74, 6) is -13.8. The van der Waals surface area contributed by atoms with Crippen LogP contribution in [0.1, 0.15) is 12.8 Å². The summed E-state index contributed by atoms with van der Waals surface area (Å²) in [6.07, 6.45) is -1.50. The average Bonchev–Trinajstić information content (AvgIpc) is 3.07. The van der Waals surface area contributed by atoms with Crippen LogP contribution in [0.25, 0.3) is 0 Å². The molecule has 1 saturated carbocycles. The van der Waals surface area contributed by atoms with Gasteiger partial charge in [0.1, 0.15) is 11.0 Å². The molecule has 0 saturated heterocycles. The van der Waals surface area contributed by atoms with Crippen LogP contribution in [0.15, 0.2) is 22.3 Å². The van der Waals surface area contributed by atoms with Gasteiger partial charge in [0.15, 0.2) is 17.0 Å². The van der Waals surface area contributed by atoms with E-state index < -0.39 is 105 Å². The molecular weight excluding hydrogens is 512 g/mol. The molecule has 3 aliphatic carbocycles. The Morgan fingerprint density at radius 3 is 1.61 bits per heavy atom. The van der Waals surface area contributed by atoms with Crippen LogP contribution in [0.3, 0.4) is 0 Å². The normalized spacial score (nSPS) is 27.7. The van der Waals surface area contributed by atoms with Gasteiger partial charge in [0.05, 0.1) is 59.4 Å². The summed E-state index contributed by atoms with van der Waals surface area (Å²) < 4.78 is 29.0. The fourth-order valence-corrected chi connectivity index (χ4v) is 6.14. The molecule has 38 heavy (non-hydrogen) atoms.